The first-order chi connectivity index (χ1) is 15.0. The highest BCUT2D eigenvalue weighted by Crippen LogP contribution is 2.38. The van der Waals surface area contributed by atoms with Gasteiger partial charge in [0.2, 0.25) is 0 Å². The molecule has 160 valence electrons. The molecule has 2 aromatic heterocycles. The summed E-state index contributed by atoms with van der Waals surface area (Å²) < 4.78 is 0. The molecular formula is C25H26N2O3S. The van der Waals surface area contributed by atoms with Gasteiger partial charge >= 0.3 is 5.97 Å². The average molecular weight is 435 g/mol. The number of hydrogen-bond donors (Lipinski definition) is 2. The Morgan fingerprint density at radius 3 is 2.39 bits per heavy atom. The summed E-state index contributed by atoms with van der Waals surface area (Å²) >= 11 is 1.22. The topological polar surface area (TPSA) is 79.3 Å². The van der Waals surface area contributed by atoms with Crippen molar-refractivity contribution in [3.8, 4) is 10.4 Å². The molecule has 4 rings (SSSR count). The van der Waals surface area contributed by atoms with E-state index in [0.29, 0.717) is 11.6 Å². The lowest BCUT2D eigenvalue weighted by molar-refractivity contribution is -0.124. The zero-order valence-corrected chi connectivity index (χ0v) is 18.3. The van der Waals surface area contributed by atoms with Gasteiger partial charge in [-0.2, -0.15) is 0 Å². The van der Waals surface area contributed by atoms with Gasteiger partial charge in [0.15, 0.2) is 5.78 Å². The molecule has 31 heavy (non-hydrogen) atoms. The molecule has 5 nitrogen and oxygen atoms in total. The van der Waals surface area contributed by atoms with Crippen LogP contribution in [0.4, 0.5) is 5.69 Å². The number of aromatic carboxylic acids is 1. The zero-order valence-electron chi connectivity index (χ0n) is 17.5. The Labute approximate surface area is 186 Å². The van der Waals surface area contributed by atoms with Gasteiger partial charge in [0.25, 0.3) is 0 Å². The van der Waals surface area contributed by atoms with Crippen molar-refractivity contribution in [3.05, 3.63) is 71.4 Å². The maximum absolute atomic E-state index is 13.5. The van der Waals surface area contributed by atoms with E-state index < -0.39 is 12.0 Å². The van der Waals surface area contributed by atoms with Gasteiger partial charge in [-0.3, -0.25) is 9.78 Å². The first kappa shape index (κ1) is 21.2. The third-order valence-corrected chi connectivity index (χ3v) is 7.20. The molecule has 1 aliphatic carbocycles. The van der Waals surface area contributed by atoms with Gasteiger partial charge in [-0.1, -0.05) is 50.1 Å². The fourth-order valence-electron chi connectivity index (χ4n) is 4.21. The van der Waals surface area contributed by atoms with Gasteiger partial charge in [0.05, 0.1) is 5.69 Å². The molecule has 3 aromatic rings. The number of carboxylic acid groups (broad SMARTS) is 1. The van der Waals surface area contributed by atoms with E-state index in [4.69, 9.17) is 0 Å². The number of pyridine rings is 1. The van der Waals surface area contributed by atoms with E-state index in [1.54, 1.807) is 12.4 Å². The number of carbonyl (C=O) groups excluding carboxylic acids is 1. The first-order valence-corrected chi connectivity index (χ1v) is 11.5. The number of rotatable bonds is 7. The maximum Gasteiger partial charge on any atom is 0.348 e. The number of Topliss-reactive ketones (excluding diaryl/α,β-unsaturated/α-hetero) is 1. The molecule has 2 heterocycles. The van der Waals surface area contributed by atoms with E-state index in [-0.39, 0.29) is 16.6 Å². The third kappa shape index (κ3) is 4.85. The van der Waals surface area contributed by atoms with Crippen LogP contribution in [0.15, 0.2) is 60.9 Å². The highest BCUT2D eigenvalue weighted by Gasteiger charge is 2.32. The fraction of sp³-hybridized carbons (Fsp3) is 0.320. The number of hydrogen-bond acceptors (Lipinski definition) is 5. The third-order valence-electron chi connectivity index (χ3n) is 6.03. The largest absolute Gasteiger partial charge is 0.477 e. The lowest BCUT2D eigenvalue weighted by Crippen LogP contribution is -2.30. The van der Waals surface area contributed by atoms with Crippen LogP contribution in [-0.2, 0) is 4.79 Å². The predicted octanol–water partition coefficient (Wildman–Crippen LogP) is 6.06. The van der Waals surface area contributed by atoms with E-state index in [0.717, 1.165) is 41.7 Å². The number of carboxylic acids is 1. The van der Waals surface area contributed by atoms with Gasteiger partial charge in [0.1, 0.15) is 10.9 Å². The number of ketones is 1. The summed E-state index contributed by atoms with van der Waals surface area (Å²) in [4.78, 5) is 30.6. The standard InChI is InChI=1S/C25H26N2O3S/c1-16-7-9-19(10-8-16)23(28)22(18-11-13-26-14-12-18)27-20-15-21(31-24(20)25(29)30)17-5-3-2-4-6-17/h2-6,11-16,19,22,27H,7-10H2,1H3,(H,29,30). The molecule has 2 N–H and O–H groups in total. The van der Waals surface area contributed by atoms with Gasteiger partial charge in [-0.15, -0.1) is 11.3 Å². The van der Waals surface area contributed by atoms with Crippen molar-refractivity contribution in [1.82, 2.24) is 4.98 Å². The normalized spacial score (nSPS) is 19.5. The van der Waals surface area contributed by atoms with Crippen molar-refractivity contribution < 1.29 is 14.7 Å². The smallest absolute Gasteiger partial charge is 0.348 e. The minimum Gasteiger partial charge on any atom is -0.477 e. The second-order valence-corrected chi connectivity index (χ2v) is 9.29. The van der Waals surface area contributed by atoms with Crippen molar-refractivity contribution >= 4 is 28.8 Å². The lowest BCUT2D eigenvalue weighted by Gasteiger charge is -2.29. The summed E-state index contributed by atoms with van der Waals surface area (Å²) in [6.07, 6.45) is 7.21. The summed E-state index contributed by atoms with van der Waals surface area (Å²) in [5.41, 5.74) is 2.24. The van der Waals surface area contributed by atoms with Crippen LogP contribution in [0.1, 0.15) is 53.9 Å². The van der Waals surface area contributed by atoms with Gasteiger partial charge in [-0.05, 0) is 48.1 Å². The second-order valence-electron chi connectivity index (χ2n) is 8.24. The molecule has 1 aliphatic rings. The van der Waals surface area contributed by atoms with E-state index in [1.165, 1.54) is 11.3 Å². The zero-order chi connectivity index (χ0) is 21.8. The molecule has 0 radical (unpaired) electrons. The maximum atomic E-state index is 13.5. The van der Waals surface area contributed by atoms with Crippen LogP contribution in [0.5, 0.6) is 0 Å². The monoisotopic (exact) mass is 434 g/mol. The van der Waals surface area contributed by atoms with Crippen LogP contribution in [0.25, 0.3) is 10.4 Å². The van der Waals surface area contributed by atoms with Crippen LogP contribution in [0.3, 0.4) is 0 Å². The number of nitrogens with one attached hydrogen (secondary N) is 1. The molecular weight excluding hydrogens is 408 g/mol. The highest BCUT2D eigenvalue weighted by atomic mass is 32.1. The molecule has 1 atom stereocenters. The summed E-state index contributed by atoms with van der Waals surface area (Å²) in [6, 6.07) is 14.6. The molecule has 1 unspecified atom stereocenters. The number of anilines is 1. The Balaban J connectivity index is 1.68. The fourth-order valence-corrected chi connectivity index (χ4v) is 5.18. The Morgan fingerprint density at radius 2 is 1.74 bits per heavy atom. The number of benzene rings is 1. The molecule has 6 heteroatoms. The van der Waals surface area contributed by atoms with Crippen LogP contribution in [0.2, 0.25) is 0 Å². The van der Waals surface area contributed by atoms with E-state index >= 15 is 0 Å². The second kappa shape index (κ2) is 9.43. The summed E-state index contributed by atoms with van der Waals surface area (Å²) in [7, 11) is 0. The van der Waals surface area contributed by atoms with Gasteiger partial charge < -0.3 is 10.4 Å². The van der Waals surface area contributed by atoms with Crippen LogP contribution < -0.4 is 5.32 Å². The number of aromatic nitrogens is 1. The van der Waals surface area contributed by atoms with Crippen molar-refractivity contribution in [2.24, 2.45) is 11.8 Å². The summed E-state index contributed by atoms with van der Waals surface area (Å²) in [5.74, 6) is -0.230. The molecule has 0 amide bonds. The summed E-state index contributed by atoms with van der Waals surface area (Å²) in [5, 5.41) is 13.1. The Morgan fingerprint density at radius 1 is 1.06 bits per heavy atom. The van der Waals surface area contributed by atoms with Crippen LogP contribution in [-0.4, -0.2) is 21.8 Å². The number of nitrogens with zero attached hydrogens (tertiary/aromatic N) is 1. The number of carbonyl (C=O) groups is 2. The van der Waals surface area contributed by atoms with Crippen LogP contribution in [0, 0.1) is 11.8 Å². The van der Waals surface area contributed by atoms with E-state index in [9.17, 15) is 14.7 Å². The molecule has 0 saturated heterocycles. The molecule has 0 bridgehead atoms. The minimum atomic E-state index is -0.998. The Hall–Kier alpha value is -2.99. The van der Waals surface area contributed by atoms with E-state index in [1.807, 2.05) is 48.5 Å². The molecule has 0 spiro atoms. The van der Waals surface area contributed by atoms with Crippen LogP contribution >= 0.6 is 11.3 Å². The Bertz CT molecular complexity index is 1040. The summed E-state index contributed by atoms with van der Waals surface area (Å²) in [6.45, 7) is 2.23. The average Bonchev–Trinajstić information content (AvgIpc) is 3.23. The van der Waals surface area contributed by atoms with Crippen molar-refractivity contribution in [2.75, 3.05) is 5.32 Å². The Kier molecular flexibility index (Phi) is 6.47. The lowest BCUT2D eigenvalue weighted by atomic mass is 9.78. The van der Waals surface area contributed by atoms with Crippen molar-refractivity contribution in [1.29, 1.82) is 0 Å². The van der Waals surface area contributed by atoms with E-state index in [2.05, 4.69) is 17.2 Å². The SMILES string of the molecule is CC1CCC(C(=O)C(Nc2cc(-c3ccccc3)sc2C(=O)O)c2ccncc2)CC1. The molecule has 1 saturated carbocycles. The molecule has 1 fully saturated rings. The number of thiophene rings is 1. The quantitative estimate of drug-likeness (QED) is 0.473. The minimum absolute atomic E-state index is 0.0117. The molecule has 0 aliphatic heterocycles. The van der Waals surface area contributed by atoms with Crippen molar-refractivity contribution in [3.63, 3.8) is 0 Å². The highest BCUT2D eigenvalue weighted by molar-refractivity contribution is 7.18. The first-order valence-electron chi connectivity index (χ1n) is 10.7. The molecule has 1 aromatic carbocycles. The van der Waals surface area contributed by atoms with Gasteiger partial charge in [0, 0.05) is 23.2 Å². The van der Waals surface area contributed by atoms with Gasteiger partial charge in [-0.25, -0.2) is 4.79 Å². The van der Waals surface area contributed by atoms with Crippen molar-refractivity contribution in [2.45, 2.75) is 38.6 Å². The predicted molar refractivity (Wildman–Crippen MR) is 123 cm³/mol.